The van der Waals surface area contributed by atoms with E-state index in [1.54, 1.807) is 0 Å². The minimum Gasteiger partial charge on any atom is -0.361 e. The Bertz CT molecular complexity index is 3110. The van der Waals surface area contributed by atoms with Crippen LogP contribution in [0.15, 0.2) is 291 Å². The number of fused-ring (bicyclic) bond motifs is 8. The van der Waals surface area contributed by atoms with Gasteiger partial charge in [-0.1, -0.05) is 243 Å². The highest BCUT2D eigenvalue weighted by Crippen LogP contribution is 2.49. The lowest BCUT2D eigenvalue weighted by molar-refractivity contribution is 0.438. The molecule has 4 heteroatoms. The topological polar surface area (TPSA) is 63.2 Å². The number of aromatic amines is 4. The lowest BCUT2D eigenvalue weighted by Gasteiger charge is -2.38. The lowest BCUT2D eigenvalue weighted by Crippen LogP contribution is -2.39. The van der Waals surface area contributed by atoms with Crippen LogP contribution in [0.5, 0.6) is 0 Å². The van der Waals surface area contributed by atoms with Gasteiger partial charge >= 0.3 is 0 Å². The fourth-order valence-corrected chi connectivity index (χ4v) is 13.7. The summed E-state index contributed by atoms with van der Waals surface area (Å²) < 4.78 is 0. The van der Waals surface area contributed by atoms with Crippen molar-refractivity contribution in [3.05, 3.63) is 381 Å². The smallest absolute Gasteiger partial charge is 0.0583 e. The van der Waals surface area contributed by atoms with E-state index in [-0.39, 0.29) is 0 Å². The van der Waals surface area contributed by atoms with Crippen LogP contribution in [0.2, 0.25) is 0 Å². The van der Waals surface area contributed by atoms with Gasteiger partial charge < -0.3 is 19.9 Å². The van der Waals surface area contributed by atoms with Crippen molar-refractivity contribution in [2.45, 2.75) is 73.0 Å². The second-order valence-corrected chi connectivity index (χ2v) is 22.8. The van der Waals surface area contributed by atoms with Crippen molar-refractivity contribution in [3.63, 3.8) is 0 Å². The van der Waals surface area contributed by atoms with Gasteiger partial charge in [-0.25, -0.2) is 0 Å². The Morgan fingerprint density at radius 2 is 0.263 bits per heavy atom. The van der Waals surface area contributed by atoms with E-state index >= 15 is 0 Å². The molecule has 13 rings (SSSR count). The molecular weight excluding hydrogens is 969 g/mol. The maximum atomic E-state index is 4.41. The van der Waals surface area contributed by atoms with Crippen LogP contribution in [0.25, 0.3) is 0 Å². The van der Waals surface area contributed by atoms with Crippen molar-refractivity contribution in [2.24, 2.45) is 0 Å². The first-order valence-corrected chi connectivity index (χ1v) is 28.6. The van der Waals surface area contributed by atoms with Crippen molar-refractivity contribution in [1.82, 2.24) is 19.9 Å². The fraction of sp³-hybridized carbons (Fsp3) is 0.158. The van der Waals surface area contributed by atoms with Crippen LogP contribution in [0, 0.1) is 0 Å². The van der Waals surface area contributed by atoms with E-state index in [9.17, 15) is 0 Å². The predicted octanol–water partition coefficient (Wildman–Crippen LogP) is 16.4. The standard InChI is InChI=1S/C76H68N4/c1-9-25-57(26-10-1)49-73(50-58-27-11-2-12-28-58)65-41-43-67(77-65)74(51-59-29-13-3-14-30-59,52-60-31-15-4-16-32-60)69-45-47-71(79-69)76(55-63-37-21-7-22-38-63,56-64-39-23-8-24-40-64)72-48-46-70(80-72)75(68-44-42-66(73)78-68,53-61-33-17-5-18-34-61)54-62-35-19-6-20-36-62/h1-48,77-80H,49-56H2. The van der Waals surface area contributed by atoms with E-state index < -0.39 is 21.7 Å². The summed E-state index contributed by atoms with van der Waals surface area (Å²) in [5.41, 5.74) is 17.4. The molecule has 392 valence electrons. The predicted molar refractivity (Wildman–Crippen MR) is 327 cm³/mol. The Morgan fingerprint density at radius 1 is 0.150 bits per heavy atom. The average molecular weight is 1040 g/mol. The molecule has 0 atom stereocenters. The highest BCUT2D eigenvalue weighted by Gasteiger charge is 2.47. The summed E-state index contributed by atoms with van der Waals surface area (Å²) in [4.78, 5) is 17.6. The van der Waals surface area contributed by atoms with Crippen LogP contribution < -0.4 is 0 Å². The maximum Gasteiger partial charge on any atom is 0.0583 e. The number of aromatic nitrogens is 4. The SMILES string of the molecule is c1ccc(CC2(Cc3ccccc3)c3ccc([nH]3)C(Cc3ccccc3)(Cc3ccccc3)c3ccc([nH]3)C(Cc3ccccc3)(Cc3ccccc3)c3ccc([nH]3)C(Cc3ccccc3)(Cc3ccccc3)c3ccc2[nH]3)cc1. The zero-order chi connectivity index (χ0) is 53.7. The third kappa shape index (κ3) is 9.92. The fourth-order valence-electron chi connectivity index (χ4n) is 13.7. The first-order valence-electron chi connectivity index (χ1n) is 28.6. The monoisotopic (exact) mass is 1040 g/mol. The van der Waals surface area contributed by atoms with Gasteiger partial charge in [0.2, 0.25) is 0 Å². The van der Waals surface area contributed by atoms with Crippen LogP contribution in [0.3, 0.4) is 0 Å². The molecule has 1 aliphatic heterocycles. The Hall–Kier alpha value is -9.12. The van der Waals surface area contributed by atoms with Gasteiger partial charge in [0.1, 0.15) is 0 Å². The number of hydrogen-bond acceptors (Lipinski definition) is 0. The van der Waals surface area contributed by atoms with Gasteiger partial charge in [-0.3, -0.25) is 0 Å². The van der Waals surface area contributed by atoms with Crippen molar-refractivity contribution >= 4 is 0 Å². The third-order valence-corrected chi connectivity index (χ3v) is 17.7. The summed E-state index contributed by atoms with van der Waals surface area (Å²) in [5, 5.41) is 0. The summed E-state index contributed by atoms with van der Waals surface area (Å²) in [6, 6.07) is 109. The largest absolute Gasteiger partial charge is 0.361 e. The highest BCUT2D eigenvalue weighted by molar-refractivity contribution is 5.51. The van der Waals surface area contributed by atoms with Gasteiger partial charge in [0.05, 0.1) is 21.7 Å². The Labute approximate surface area is 471 Å². The second-order valence-electron chi connectivity index (χ2n) is 22.8. The van der Waals surface area contributed by atoms with E-state index in [2.05, 4.69) is 311 Å². The number of rotatable bonds is 16. The number of H-pyrrole nitrogens is 4. The van der Waals surface area contributed by atoms with E-state index in [4.69, 9.17) is 0 Å². The van der Waals surface area contributed by atoms with Crippen molar-refractivity contribution in [3.8, 4) is 0 Å². The number of nitrogens with one attached hydrogen (secondary N) is 4. The molecule has 4 nitrogen and oxygen atoms in total. The molecule has 4 aromatic heterocycles. The van der Waals surface area contributed by atoms with Crippen LogP contribution in [-0.2, 0) is 73.0 Å². The first kappa shape index (κ1) is 50.4. The quantitative estimate of drug-likeness (QED) is 0.0745. The molecule has 0 amide bonds. The molecule has 80 heavy (non-hydrogen) atoms. The summed E-state index contributed by atoms with van der Waals surface area (Å²) >= 11 is 0. The van der Waals surface area contributed by atoms with Crippen molar-refractivity contribution < 1.29 is 0 Å². The van der Waals surface area contributed by atoms with Gasteiger partial charge in [-0.2, -0.15) is 0 Å². The maximum absolute atomic E-state index is 4.41. The molecule has 0 fully saturated rings. The number of benzene rings is 8. The minimum atomic E-state index is -0.574. The van der Waals surface area contributed by atoms with Crippen molar-refractivity contribution in [1.29, 1.82) is 0 Å². The molecule has 4 N–H and O–H groups in total. The van der Waals surface area contributed by atoms with E-state index in [1.165, 1.54) is 90.1 Å². The number of hydrogen-bond donors (Lipinski definition) is 4. The van der Waals surface area contributed by atoms with Crippen LogP contribution in [-0.4, -0.2) is 19.9 Å². The average Bonchev–Trinajstić information content (AvgIpc) is 4.51. The van der Waals surface area contributed by atoms with Crippen molar-refractivity contribution in [2.75, 3.05) is 0 Å². The van der Waals surface area contributed by atoms with Crippen LogP contribution in [0.1, 0.15) is 90.1 Å². The van der Waals surface area contributed by atoms with E-state index in [0.29, 0.717) is 0 Å². The van der Waals surface area contributed by atoms with Gasteiger partial charge in [-0.05, 0) is 144 Å². The van der Waals surface area contributed by atoms with Gasteiger partial charge in [0.25, 0.3) is 0 Å². The van der Waals surface area contributed by atoms with Gasteiger partial charge in [-0.15, -0.1) is 0 Å². The molecule has 5 heterocycles. The second kappa shape index (κ2) is 22.0. The summed E-state index contributed by atoms with van der Waals surface area (Å²) in [6.07, 6.45) is 6.10. The summed E-state index contributed by atoms with van der Waals surface area (Å²) in [6.45, 7) is 0. The Morgan fingerprint density at radius 3 is 0.375 bits per heavy atom. The van der Waals surface area contributed by atoms with Crippen LogP contribution >= 0.6 is 0 Å². The molecule has 8 aromatic carbocycles. The molecule has 1 aliphatic rings. The summed E-state index contributed by atoms with van der Waals surface area (Å²) in [7, 11) is 0. The molecule has 0 saturated heterocycles. The molecule has 12 aromatic rings. The first-order chi connectivity index (χ1) is 39.5. The van der Waals surface area contributed by atoms with Crippen LogP contribution in [0.4, 0.5) is 0 Å². The lowest BCUT2D eigenvalue weighted by atomic mass is 9.71. The molecule has 0 saturated carbocycles. The molecule has 0 aliphatic carbocycles. The zero-order valence-electron chi connectivity index (χ0n) is 45.4. The molecule has 0 spiro atoms. The van der Waals surface area contributed by atoms with Gasteiger partial charge in [0.15, 0.2) is 0 Å². The molecular formula is C76H68N4. The normalized spacial score (nSPS) is 14.8. The van der Waals surface area contributed by atoms with E-state index in [1.807, 2.05) is 0 Å². The zero-order valence-corrected chi connectivity index (χ0v) is 45.4. The van der Waals surface area contributed by atoms with Gasteiger partial charge in [0, 0.05) is 45.6 Å². The summed E-state index contributed by atoms with van der Waals surface area (Å²) in [5.74, 6) is 0. The minimum absolute atomic E-state index is 0.574. The Balaban J connectivity index is 1.15. The third-order valence-electron chi connectivity index (χ3n) is 17.7. The Kier molecular flexibility index (Phi) is 13.8. The molecule has 8 bridgehead atoms. The highest BCUT2D eigenvalue weighted by atomic mass is 14.9. The van der Waals surface area contributed by atoms with E-state index in [0.717, 1.165) is 51.4 Å². The molecule has 0 radical (unpaired) electrons. The molecule has 0 unspecified atom stereocenters.